The summed E-state index contributed by atoms with van der Waals surface area (Å²) in [6.45, 7) is 0. The lowest BCUT2D eigenvalue weighted by molar-refractivity contribution is 0.519. The van der Waals surface area contributed by atoms with E-state index < -0.39 is 0 Å². The summed E-state index contributed by atoms with van der Waals surface area (Å²) in [6, 6.07) is 16.1. The van der Waals surface area contributed by atoms with Crippen molar-refractivity contribution in [3.05, 3.63) is 72.4 Å². The van der Waals surface area contributed by atoms with Crippen LogP contribution in [0.4, 0.5) is 0 Å². The Balaban J connectivity index is 1.82. The topological polar surface area (TPSA) is 26.3 Å². The second-order valence-corrected chi connectivity index (χ2v) is 3.94. The average molecular weight is 224 g/mol. The molecule has 0 atom stereocenters. The third kappa shape index (κ3) is 2.16. The molecule has 1 aromatic carbocycles. The molecule has 0 saturated carbocycles. The van der Waals surface area contributed by atoms with Crippen molar-refractivity contribution in [3.8, 4) is 11.3 Å². The first kappa shape index (κ1) is 9.97. The van der Waals surface area contributed by atoms with Gasteiger partial charge in [0.05, 0.1) is 11.8 Å². The molecule has 0 radical (unpaired) electrons. The third-order valence-electron chi connectivity index (χ3n) is 2.68. The number of furan rings is 2. The third-order valence-corrected chi connectivity index (χ3v) is 2.68. The summed E-state index contributed by atoms with van der Waals surface area (Å²) in [7, 11) is 0. The van der Waals surface area contributed by atoms with Crippen molar-refractivity contribution in [2.45, 2.75) is 6.42 Å². The highest BCUT2D eigenvalue weighted by Crippen LogP contribution is 2.23. The van der Waals surface area contributed by atoms with Gasteiger partial charge in [-0.1, -0.05) is 30.3 Å². The minimum absolute atomic E-state index is 0.807. The van der Waals surface area contributed by atoms with Gasteiger partial charge >= 0.3 is 0 Å². The van der Waals surface area contributed by atoms with Crippen LogP contribution in [-0.4, -0.2) is 0 Å². The van der Waals surface area contributed by atoms with Crippen LogP contribution in [0.25, 0.3) is 11.3 Å². The van der Waals surface area contributed by atoms with Gasteiger partial charge in [0.2, 0.25) is 0 Å². The zero-order valence-electron chi connectivity index (χ0n) is 9.30. The van der Waals surface area contributed by atoms with Gasteiger partial charge in [-0.25, -0.2) is 0 Å². The lowest BCUT2D eigenvalue weighted by Gasteiger charge is -1.95. The van der Waals surface area contributed by atoms with Crippen LogP contribution < -0.4 is 0 Å². The molecule has 2 nitrogen and oxygen atoms in total. The molecular formula is C15H12O2. The first-order valence-corrected chi connectivity index (χ1v) is 5.57. The van der Waals surface area contributed by atoms with Crippen LogP contribution >= 0.6 is 0 Å². The van der Waals surface area contributed by atoms with Gasteiger partial charge in [-0.15, -0.1) is 0 Å². The maximum atomic E-state index is 5.53. The van der Waals surface area contributed by atoms with Gasteiger partial charge in [-0.2, -0.15) is 0 Å². The van der Waals surface area contributed by atoms with E-state index in [0.717, 1.165) is 23.5 Å². The maximum absolute atomic E-state index is 5.53. The van der Waals surface area contributed by atoms with E-state index in [1.54, 1.807) is 12.5 Å². The Morgan fingerprint density at radius 2 is 1.76 bits per heavy atom. The van der Waals surface area contributed by atoms with Gasteiger partial charge in [0.1, 0.15) is 17.8 Å². The van der Waals surface area contributed by atoms with Crippen LogP contribution in [0.15, 0.2) is 69.9 Å². The molecule has 0 N–H and O–H groups in total. The molecule has 84 valence electrons. The van der Waals surface area contributed by atoms with Crippen LogP contribution in [0.2, 0.25) is 0 Å². The molecule has 3 aromatic rings. The van der Waals surface area contributed by atoms with Gasteiger partial charge in [0.25, 0.3) is 0 Å². The van der Waals surface area contributed by atoms with Crippen LogP contribution in [-0.2, 0) is 6.42 Å². The van der Waals surface area contributed by atoms with Crippen molar-refractivity contribution in [1.29, 1.82) is 0 Å². The molecule has 3 rings (SSSR count). The SMILES string of the molecule is c1ccc(Cc2cc(-c3ccco3)co2)cc1. The number of benzene rings is 1. The Bertz CT molecular complexity index is 576. The quantitative estimate of drug-likeness (QED) is 0.668. The molecule has 0 bridgehead atoms. The molecule has 0 fully saturated rings. The molecule has 2 aromatic heterocycles. The molecule has 0 aliphatic heterocycles. The van der Waals surface area contributed by atoms with Crippen LogP contribution in [0.1, 0.15) is 11.3 Å². The van der Waals surface area contributed by atoms with Crippen LogP contribution in [0, 0.1) is 0 Å². The molecule has 2 heterocycles. The Kier molecular flexibility index (Phi) is 2.54. The fourth-order valence-corrected chi connectivity index (χ4v) is 1.84. The molecule has 0 aliphatic carbocycles. The van der Waals surface area contributed by atoms with Gasteiger partial charge in [0.15, 0.2) is 0 Å². The molecule has 0 aliphatic rings. The number of hydrogen-bond donors (Lipinski definition) is 0. The summed E-state index contributed by atoms with van der Waals surface area (Å²) in [4.78, 5) is 0. The van der Waals surface area contributed by atoms with Crippen LogP contribution in [0.3, 0.4) is 0 Å². The maximum Gasteiger partial charge on any atom is 0.137 e. The summed E-state index contributed by atoms with van der Waals surface area (Å²) in [5.41, 5.74) is 2.23. The standard InChI is InChI=1S/C15H12O2/c1-2-5-12(6-3-1)9-14-10-13(11-17-14)15-7-4-8-16-15/h1-8,10-11H,9H2. The fraction of sp³-hybridized carbons (Fsp3) is 0.0667. The first-order chi connectivity index (χ1) is 8.42. The Morgan fingerprint density at radius 1 is 0.882 bits per heavy atom. The van der Waals surface area contributed by atoms with E-state index >= 15 is 0 Å². The second kappa shape index (κ2) is 4.34. The van der Waals surface area contributed by atoms with Gasteiger partial charge in [-0.05, 0) is 23.8 Å². The van der Waals surface area contributed by atoms with Gasteiger partial charge in [0, 0.05) is 6.42 Å². The van der Waals surface area contributed by atoms with E-state index in [1.807, 2.05) is 36.4 Å². The molecule has 0 spiro atoms. The number of rotatable bonds is 3. The summed E-state index contributed by atoms with van der Waals surface area (Å²) >= 11 is 0. The smallest absolute Gasteiger partial charge is 0.137 e. The van der Waals surface area contributed by atoms with Gasteiger partial charge in [-0.3, -0.25) is 0 Å². The molecule has 0 amide bonds. The average Bonchev–Trinajstić information content (AvgIpc) is 3.00. The van der Waals surface area contributed by atoms with E-state index in [-0.39, 0.29) is 0 Å². The van der Waals surface area contributed by atoms with E-state index in [0.29, 0.717) is 0 Å². The number of hydrogen-bond acceptors (Lipinski definition) is 2. The monoisotopic (exact) mass is 224 g/mol. The minimum atomic E-state index is 0.807. The van der Waals surface area contributed by atoms with Crippen molar-refractivity contribution >= 4 is 0 Å². The fourth-order valence-electron chi connectivity index (χ4n) is 1.84. The van der Waals surface area contributed by atoms with E-state index in [9.17, 15) is 0 Å². The Hall–Kier alpha value is -2.22. The highest BCUT2D eigenvalue weighted by atomic mass is 16.3. The van der Waals surface area contributed by atoms with E-state index in [2.05, 4.69) is 12.1 Å². The largest absolute Gasteiger partial charge is 0.468 e. The molecular weight excluding hydrogens is 212 g/mol. The van der Waals surface area contributed by atoms with E-state index in [1.165, 1.54) is 5.56 Å². The van der Waals surface area contributed by atoms with Crippen LogP contribution in [0.5, 0.6) is 0 Å². The predicted molar refractivity (Wildman–Crippen MR) is 65.7 cm³/mol. The minimum Gasteiger partial charge on any atom is -0.468 e. The van der Waals surface area contributed by atoms with Crippen molar-refractivity contribution < 1.29 is 8.83 Å². The molecule has 0 saturated heterocycles. The zero-order valence-corrected chi connectivity index (χ0v) is 9.30. The highest BCUT2D eigenvalue weighted by Gasteiger charge is 2.06. The van der Waals surface area contributed by atoms with Crippen molar-refractivity contribution in [2.75, 3.05) is 0 Å². The zero-order chi connectivity index (χ0) is 11.5. The van der Waals surface area contributed by atoms with Crippen molar-refractivity contribution in [3.63, 3.8) is 0 Å². The lowest BCUT2D eigenvalue weighted by Crippen LogP contribution is -1.83. The van der Waals surface area contributed by atoms with Crippen molar-refractivity contribution in [2.24, 2.45) is 0 Å². The Labute approximate surface area is 99.5 Å². The van der Waals surface area contributed by atoms with Gasteiger partial charge < -0.3 is 8.83 Å². The second-order valence-electron chi connectivity index (χ2n) is 3.94. The summed E-state index contributed by atoms with van der Waals surface area (Å²) < 4.78 is 10.9. The summed E-state index contributed by atoms with van der Waals surface area (Å²) in [5, 5.41) is 0. The highest BCUT2D eigenvalue weighted by molar-refractivity contribution is 5.56. The summed E-state index contributed by atoms with van der Waals surface area (Å²) in [6.07, 6.45) is 4.21. The normalized spacial score (nSPS) is 10.6. The Morgan fingerprint density at radius 3 is 2.53 bits per heavy atom. The summed E-state index contributed by atoms with van der Waals surface area (Å²) in [5.74, 6) is 1.79. The molecule has 0 unspecified atom stereocenters. The van der Waals surface area contributed by atoms with Crippen molar-refractivity contribution in [1.82, 2.24) is 0 Å². The predicted octanol–water partition coefficient (Wildman–Crippen LogP) is 4.13. The lowest BCUT2D eigenvalue weighted by atomic mass is 10.1. The molecule has 17 heavy (non-hydrogen) atoms. The van der Waals surface area contributed by atoms with E-state index in [4.69, 9.17) is 8.83 Å². The first-order valence-electron chi connectivity index (χ1n) is 5.57. The molecule has 2 heteroatoms.